The Kier molecular flexibility index (Phi) is 6.00. The molecule has 4 rings (SSSR count). The molecule has 4 aromatic carbocycles. The smallest absolute Gasteiger partial charge is 0.206 e. The number of aryl methyl sites for hydroxylation is 1. The van der Waals surface area contributed by atoms with Gasteiger partial charge in [0.05, 0.1) is 5.56 Å². The summed E-state index contributed by atoms with van der Waals surface area (Å²) in [5.74, 6) is -2.05. The Labute approximate surface area is 183 Å². The summed E-state index contributed by atoms with van der Waals surface area (Å²) >= 11 is 0. The molecule has 0 heterocycles. The zero-order valence-electron chi connectivity index (χ0n) is 17.4. The number of unbranched alkanes of at least 4 members (excludes halogenated alkanes) is 1. The molecule has 32 heavy (non-hydrogen) atoms. The van der Waals surface area contributed by atoms with Gasteiger partial charge >= 0.3 is 6.18 Å². The third kappa shape index (κ3) is 4.52. The lowest BCUT2D eigenvalue weighted by Crippen LogP contribution is -2.07. The summed E-state index contributed by atoms with van der Waals surface area (Å²) in [6.45, 7) is 2.16. The summed E-state index contributed by atoms with van der Waals surface area (Å²) in [6.07, 6.45) is -1.49. The first kappa shape index (κ1) is 22.0. The molecule has 164 valence electrons. The molecule has 0 unspecified atom stereocenters. The second-order valence-corrected chi connectivity index (χ2v) is 7.89. The van der Waals surface area contributed by atoms with Crippen molar-refractivity contribution in [2.24, 2.45) is 0 Å². The van der Waals surface area contributed by atoms with Crippen molar-refractivity contribution in [3.8, 4) is 22.3 Å². The topological polar surface area (TPSA) is 0 Å². The van der Waals surface area contributed by atoms with Crippen LogP contribution in [0.15, 0.2) is 72.8 Å². The van der Waals surface area contributed by atoms with Crippen molar-refractivity contribution in [2.45, 2.75) is 32.4 Å². The van der Waals surface area contributed by atoms with E-state index in [2.05, 4.69) is 25.1 Å². The minimum atomic E-state index is -4.79. The van der Waals surface area contributed by atoms with Gasteiger partial charge in [0.2, 0.25) is 0 Å². The van der Waals surface area contributed by atoms with E-state index in [9.17, 15) is 22.0 Å². The normalized spacial score (nSPS) is 11.8. The van der Waals surface area contributed by atoms with Crippen molar-refractivity contribution >= 4 is 10.8 Å². The molecule has 0 saturated carbocycles. The molecule has 0 nitrogen and oxygen atoms in total. The van der Waals surface area contributed by atoms with Crippen molar-refractivity contribution in [1.29, 1.82) is 0 Å². The Morgan fingerprint density at radius 2 is 1.28 bits per heavy atom. The number of hydrogen-bond donors (Lipinski definition) is 0. The van der Waals surface area contributed by atoms with Crippen LogP contribution in [0.1, 0.15) is 30.9 Å². The van der Waals surface area contributed by atoms with Crippen LogP contribution in [0.4, 0.5) is 22.0 Å². The van der Waals surface area contributed by atoms with Crippen LogP contribution in [-0.4, -0.2) is 0 Å². The van der Waals surface area contributed by atoms with E-state index in [1.807, 2.05) is 18.2 Å². The maximum atomic E-state index is 14.8. The van der Waals surface area contributed by atoms with Gasteiger partial charge < -0.3 is 0 Å². The zero-order chi connectivity index (χ0) is 22.9. The van der Waals surface area contributed by atoms with Gasteiger partial charge in [0.25, 0.3) is 0 Å². The number of benzene rings is 4. The van der Waals surface area contributed by atoms with Crippen LogP contribution in [-0.2, 0) is 12.6 Å². The first-order valence-corrected chi connectivity index (χ1v) is 10.5. The Bertz CT molecular complexity index is 1270. The summed E-state index contributed by atoms with van der Waals surface area (Å²) in [4.78, 5) is 0. The third-order valence-electron chi connectivity index (χ3n) is 5.61. The molecule has 0 aliphatic carbocycles. The zero-order valence-corrected chi connectivity index (χ0v) is 17.4. The van der Waals surface area contributed by atoms with Gasteiger partial charge in [-0.25, -0.2) is 8.78 Å². The van der Waals surface area contributed by atoms with E-state index in [0.29, 0.717) is 17.7 Å². The first-order chi connectivity index (χ1) is 15.3. The van der Waals surface area contributed by atoms with Crippen LogP contribution < -0.4 is 0 Å². The minimum Gasteiger partial charge on any atom is -0.206 e. The van der Waals surface area contributed by atoms with E-state index in [0.717, 1.165) is 41.7 Å². The average molecular weight is 440 g/mol. The highest BCUT2D eigenvalue weighted by Gasteiger charge is 2.34. The van der Waals surface area contributed by atoms with Gasteiger partial charge in [-0.1, -0.05) is 61.9 Å². The standard InChI is InChI=1S/C27H21F5/c1-2-3-4-17-5-6-19-14-20(8-7-18(19)13-17)21-9-11-23(25(28)15-21)22-10-12-24(26(29)16-22)27(30,31)32/h5-16H,2-4H2,1H3. The fourth-order valence-electron chi connectivity index (χ4n) is 3.85. The van der Waals surface area contributed by atoms with Gasteiger partial charge in [-0.15, -0.1) is 0 Å². The number of rotatable bonds is 5. The number of alkyl halides is 3. The minimum absolute atomic E-state index is 0.0442. The lowest BCUT2D eigenvalue weighted by molar-refractivity contribution is -0.139. The molecule has 0 aliphatic heterocycles. The molecule has 0 bridgehead atoms. The van der Waals surface area contributed by atoms with Crippen molar-refractivity contribution in [2.75, 3.05) is 0 Å². The van der Waals surface area contributed by atoms with Gasteiger partial charge in [-0.3, -0.25) is 0 Å². The molecule has 0 fully saturated rings. The summed E-state index contributed by atoms with van der Waals surface area (Å²) in [6, 6.07) is 19.1. The molecule has 0 amide bonds. The lowest BCUT2D eigenvalue weighted by Gasteiger charge is -2.11. The second-order valence-electron chi connectivity index (χ2n) is 7.89. The van der Waals surface area contributed by atoms with Crippen LogP contribution in [0, 0.1) is 11.6 Å². The highest BCUT2D eigenvalue weighted by molar-refractivity contribution is 5.88. The monoisotopic (exact) mass is 440 g/mol. The lowest BCUT2D eigenvalue weighted by atomic mass is 9.96. The van der Waals surface area contributed by atoms with Crippen LogP contribution in [0.25, 0.3) is 33.0 Å². The predicted octanol–water partition coefficient (Wildman–Crippen LogP) is 8.81. The molecule has 0 aromatic heterocycles. The molecular weight excluding hydrogens is 419 g/mol. The molecule has 0 N–H and O–H groups in total. The van der Waals surface area contributed by atoms with Gasteiger partial charge in [0, 0.05) is 5.56 Å². The van der Waals surface area contributed by atoms with Crippen LogP contribution in [0.5, 0.6) is 0 Å². The van der Waals surface area contributed by atoms with E-state index in [4.69, 9.17) is 0 Å². The van der Waals surface area contributed by atoms with Gasteiger partial charge in [-0.2, -0.15) is 13.2 Å². The van der Waals surface area contributed by atoms with E-state index in [1.54, 1.807) is 6.07 Å². The van der Waals surface area contributed by atoms with Crippen LogP contribution in [0.3, 0.4) is 0 Å². The van der Waals surface area contributed by atoms with Gasteiger partial charge in [0.15, 0.2) is 0 Å². The molecule has 0 radical (unpaired) electrons. The maximum Gasteiger partial charge on any atom is 0.419 e. The Morgan fingerprint density at radius 1 is 0.656 bits per heavy atom. The van der Waals surface area contributed by atoms with E-state index in [1.165, 1.54) is 17.7 Å². The average Bonchev–Trinajstić information content (AvgIpc) is 2.76. The van der Waals surface area contributed by atoms with Gasteiger partial charge in [0.1, 0.15) is 11.6 Å². The first-order valence-electron chi connectivity index (χ1n) is 10.5. The summed E-state index contributed by atoms with van der Waals surface area (Å²) in [5.41, 5.74) is 1.47. The molecule has 0 atom stereocenters. The highest BCUT2D eigenvalue weighted by Crippen LogP contribution is 2.35. The Hall–Kier alpha value is -3.21. The number of halogens is 5. The number of fused-ring (bicyclic) bond motifs is 1. The Morgan fingerprint density at radius 3 is 1.97 bits per heavy atom. The van der Waals surface area contributed by atoms with Crippen molar-refractivity contribution in [1.82, 2.24) is 0 Å². The third-order valence-corrected chi connectivity index (χ3v) is 5.61. The molecule has 0 saturated heterocycles. The van der Waals surface area contributed by atoms with Crippen molar-refractivity contribution in [3.05, 3.63) is 95.6 Å². The SMILES string of the molecule is CCCCc1ccc2cc(-c3ccc(-c4ccc(C(F)(F)F)c(F)c4)c(F)c3)ccc2c1. The molecule has 5 heteroatoms. The van der Waals surface area contributed by atoms with Crippen LogP contribution >= 0.6 is 0 Å². The maximum absolute atomic E-state index is 14.8. The van der Waals surface area contributed by atoms with E-state index in [-0.39, 0.29) is 11.1 Å². The largest absolute Gasteiger partial charge is 0.419 e. The fourth-order valence-corrected chi connectivity index (χ4v) is 3.85. The summed E-state index contributed by atoms with van der Waals surface area (Å²) < 4.78 is 67.1. The van der Waals surface area contributed by atoms with E-state index < -0.39 is 23.4 Å². The van der Waals surface area contributed by atoms with E-state index >= 15 is 0 Å². The predicted molar refractivity (Wildman–Crippen MR) is 118 cm³/mol. The molecule has 0 spiro atoms. The molecule has 4 aromatic rings. The Balaban J connectivity index is 1.64. The highest BCUT2D eigenvalue weighted by atomic mass is 19.4. The fraction of sp³-hybridized carbons (Fsp3) is 0.185. The van der Waals surface area contributed by atoms with Gasteiger partial charge in [-0.05, 0) is 70.1 Å². The second kappa shape index (κ2) is 8.73. The van der Waals surface area contributed by atoms with Crippen LogP contribution in [0.2, 0.25) is 0 Å². The molecule has 0 aliphatic rings. The molecular formula is C27H21F5. The summed E-state index contributed by atoms with van der Waals surface area (Å²) in [5, 5.41) is 2.15. The summed E-state index contributed by atoms with van der Waals surface area (Å²) in [7, 11) is 0. The quantitative estimate of drug-likeness (QED) is 0.272. The number of hydrogen-bond acceptors (Lipinski definition) is 0. The van der Waals surface area contributed by atoms with Crippen molar-refractivity contribution in [3.63, 3.8) is 0 Å². The van der Waals surface area contributed by atoms with Crippen molar-refractivity contribution < 1.29 is 22.0 Å².